The molecule has 0 radical (unpaired) electrons. The number of rotatable bonds is 5. The van der Waals surface area contributed by atoms with Crippen LogP contribution < -0.4 is 5.73 Å². The van der Waals surface area contributed by atoms with Gasteiger partial charge in [-0.1, -0.05) is 27.7 Å². The second-order valence-electron chi connectivity index (χ2n) is 5.89. The molecule has 0 saturated carbocycles. The summed E-state index contributed by atoms with van der Waals surface area (Å²) in [5, 5.41) is 4.46. The Balaban J connectivity index is 3.05. The summed E-state index contributed by atoms with van der Waals surface area (Å²) in [5.41, 5.74) is 5.75. The van der Waals surface area contributed by atoms with E-state index < -0.39 is 11.1 Å². The molecule has 0 spiro atoms. The Morgan fingerprint density at radius 1 is 1.33 bits per heavy atom. The SMILES string of the molecule is CCc1cc(CC(F)(CN)C(C)(C)C)n(CC)n1. The molecule has 1 unspecified atom stereocenters. The highest BCUT2D eigenvalue weighted by molar-refractivity contribution is 5.15. The van der Waals surface area contributed by atoms with Gasteiger partial charge in [-0.05, 0) is 24.8 Å². The Kier molecular flexibility index (Phi) is 4.54. The monoisotopic (exact) mass is 255 g/mol. The molecule has 2 N–H and O–H groups in total. The quantitative estimate of drug-likeness (QED) is 0.879. The molecule has 1 atom stereocenters. The first-order chi connectivity index (χ1) is 8.27. The first kappa shape index (κ1) is 15.2. The highest BCUT2D eigenvalue weighted by atomic mass is 19.1. The molecule has 0 fully saturated rings. The van der Waals surface area contributed by atoms with Gasteiger partial charge in [-0.25, -0.2) is 4.39 Å². The van der Waals surface area contributed by atoms with E-state index in [0.717, 1.165) is 24.4 Å². The van der Waals surface area contributed by atoms with Crippen LogP contribution in [0.5, 0.6) is 0 Å². The molecule has 104 valence electrons. The van der Waals surface area contributed by atoms with Crippen molar-refractivity contribution < 1.29 is 4.39 Å². The van der Waals surface area contributed by atoms with Gasteiger partial charge in [0.2, 0.25) is 0 Å². The van der Waals surface area contributed by atoms with Gasteiger partial charge in [0.25, 0.3) is 0 Å². The summed E-state index contributed by atoms with van der Waals surface area (Å²) in [6.45, 7) is 10.6. The summed E-state index contributed by atoms with van der Waals surface area (Å²) >= 11 is 0. The number of hydrogen-bond acceptors (Lipinski definition) is 2. The highest BCUT2D eigenvalue weighted by Gasteiger charge is 2.42. The largest absolute Gasteiger partial charge is 0.327 e. The number of halogens is 1. The minimum absolute atomic E-state index is 0.0346. The molecule has 0 amide bonds. The van der Waals surface area contributed by atoms with Gasteiger partial charge in [0.15, 0.2) is 0 Å². The van der Waals surface area contributed by atoms with Crippen LogP contribution in [-0.4, -0.2) is 22.0 Å². The van der Waals surface area contributed by atoms with E-state index in [0.29, 0.717) is 6.42 Å². The third-order valence-electron chi connectivity index (χ3n) is 3.70. The Labute approximate surface area is 110 Å². The lowest BCUT2D eigenvalue weighted by Crippen LogP contribution is -2.47. The number of alkyl halides is 1. The lowest BCUT2D eigenvalue weighted by Gasteiger charge is -2.37. The first-order valence-corrected chi connectivity index (χ1v) is 6.72. The van der Waals surface area contributed by atoms with Crippen molar-refractivity contribution in [3.8, 4) is 0 Å². The number of nitrogens with zero attached hydrogens (tertiary/aromatic N) is 2. The van der Waals surface area contributed by atoms with Crippen molar-refractivity contribution in [2.45, 2.75) is 59.7 Å². The van der Waals surface area contributed by atoms with Crippen molar-refractivity contribution in [3.05, 3.63) is 17.5 Å². The smallest absolute Gasteiger partial charge is 0.133 e. The van der Waals surface area contributed by atoms with Crippen molar-refractivity contribution in [1.29, 1.82) is 0 Å². The van der Waals surface area contributed by atoms with E-state index in [-0.39, 0.29) is 6.54 Å². The number of aryl methyl sites for hydroxylation is 2. The van der Waals surface area contributed by atoms with E-state index in [2.05, 4.69) is 12.0 Å². The van der Waals surface area contributed by atoms with Crippen molar-refractivity contribution in [2.24, 2.45) is 11.1 Å². The van der Waals surface area contributed by atoms with E-state index in [4.69, 9.17) is 5.73 Å². The molecule has 4 heteroatoms. The molecule has 1 rings (SSSR count). The molecule has 1 aromatic heterocycles. The number of nitrogens with two attached hydrogens (primary N) is 1. The molecule has 0 aliphatic rings. The summed E-state index contributed by atoms with van der Waals surface area (Å²) in [6, 6.07) is 2.00. The highest BCUT2D eigenvalue weighted by Crippen LogP contribution is 2.36. The van der Waals surface area contributed by atoms with E-state index in [1.807, 2.05) is 38.4 Å². The Bertz CT molecular complexity index is 392. The van der Waals surface area contributed by atoms with Crippen LogP contribution in [0.25, 0.3) is 0 Å². The molecular weight excluding hydrogens is 229 g/mol. The van der Waals surface area contributed by atoms with Crippen LogP contribution in [0.15, 0.2) is 6.07 Å². The Hall–Kier alpha value is -0.900. The van der Waals surface area contributed by atoms with Gasteiger partial charge in [0.1, 0.15) is 5.67 Å². The van der Waals surface area contributed by atoms with E-state index in [9.17, 15) is 4.39 Å². The zero-order chi connectivity index (χ0) is 14.0. The van der Waals surface area contributed by atoms with Gasteiger partial charge < -0.3 is 5.73 Å². The van der Waals surface area contributed by atoms with E-state index in [1.54, 1.807) is 0 Å². The van der Waals surface area contributed by atoms with Gasteiger partial charge in [0.05, 0.1) is 5.69 Å². The fourth-order valence-electron chi connectivity index (χ4n) is 2.03. The van der Waals surface area contributed by atoms with Crippen LogP contribution in [0.1, 0.15) is 46.0 Å². The second kappa shape index (κ2) is 5.39. The molecule has 0 aliphatic heterocycles. The van der Waals surface area contributed by atoms with Crippen molar-refractivity contribution >= 4 is 0 Å². The average molecular weight is 255 g/mol. The Morgan fingerprint density at radius 2 is 1.94 bits per heavy atom. The number of hydrogen-bond donors (Lipinski definition) is 1. The number of aromatic nitrogens is 2. The zero-order valence-electron chi connectivity index (χ0n) is 12.3. The first-order valence-electron chi connectivity index (χ1n) is 6.72. The maximum atomic E-state index is 15.0. The van der Waals surface area contributed by atoms with Crippen LogP contribution in [0.3, 0.4) is 0 Å². The molecule has 18 heavy (non-hydrogen) atoms. The van der Waals surface area contributed by atoms with Gasteiger partial charge >= 0.3 is 0 Å². The normalized spacial score (nSPS) is 15.7. The molecule has 1 heterocycles. The van der Waals surface area contributed by atoms with Gasteiger partial charge in [-0.3, -0.25) is 4.68 Å². The van der Waals surface area contributed by atoms with E-state index >= 15 is 0 Å². The summed E-state index contributed by atoms with van der Waals surface area (Å²) in [6.07, 6.45) is 1.20. The van der Waals surface area contributed by atoms with Crippen molar-refractivity contribution in [2.75, 3.05) is 6.54 Å². The van der Waals surface area contributed by atoms with Gasteiger partial charge in [0, 0.05) is 25.2 Å². The predicted octanol–water partition coefficient (Wildman–Crippen LogP) is 2.72. The summed E-state index contributed by atoms with van der Waals surface area (Å²) in [7, 11) is 0. The van der Waals surface area contributed by atoms with Crippen LogP contribution in [0.4, 0.5) is 4.39 Å². The predicted molar refractivity (Wildman–Crippen MR) is 73.3 cm³/mol. The molecule has 0 aliphatic carbocycles. The van der Waals surface area contributed by atoms with Crippen molar-refractivity contribution in [1.82, 2.24) is 9.78 Å². The Morgan fingerprint density at radius 3 is 2.33 bits per heavy atom. The molecule has 3 nitrogen and oxygen atoms in total. The second-order valence-corrected chi connectivity index (χ2v) is 5.89. The van der Waals surface area contributed by atoms with Crippen LogP contribution in [0.2, 0.25) is 0 Å². The zero-order valence-corrected chi connectivity index (χ0v) is 12.3. The average Bonchev–Trinajstić information content (AvgIpc) is 2.69. The van der Waals surface area contributed by atoms with Crippen LogP contribution in [0, 0.1) is 5.41 Å². The fraction of sp³-hybridized carbons (Fsp3) is 0.786. The van der Waals surface area contributed by atoms with E-state index in [1.165, 1.54) is 0 Å². The fourth-order valence-corrected chi connectivity index (χ4v) is 2.03. The molecule has 0 bridgehead atoms. The minimum Gasteiger partial charge on any atom is -0.327 e. The molecule has 0 aromatic carbocycles. The van der Waals surface area contributed by atoms with Crippen molar-refractivity contribution in [3.63, 3.8) is 0 Å². The maximum Gasteiger partial charge on any atom is 0.133 e. The van der Waals surface area contributed by atoms with Crippen LogP contribution in [-0.2, 0) is 19.4 Å². The molecule has 1 aromatic rings. The van der Waals surface area contributed by atoms with Crippen LogP contribution >= 0.6 is 0 Å². The summed E-state index contributed by atoms with van der Waals surface area (Å²) < 4.78 is 16.9. The van der Waals surface area contributed by atoms with Gasteiger partial charge in [-0.2, -0.15) is 5.10 Å². The minimum atomic E-state index is -1.40. The standard InChI is InChI=1S/C14H26FN3/c1-6-11-8-12(18(7-2)17-11)9-14(15,10-16)13(3,4)5/h8H,6-7,9-10,16H2,1-5H3. The lowest BCUT2D eigenvalue weighted by molar-refractivity contribution is 0.0362. The third-order valence-corrected chi connectivity index (χ3v) is 3.70. The lowest BCUT2D eigenvalue weighted by atomic mass is 9.75. The topological polar surface area (TPSA) is 43.8 Å². The molecular formula is C14H26FN3. The van der Waals surface area contributed by atoms with Gasteiger partial charge in [-0.15, -0.1) is 0 Å². The summed E-state index contributed by atoms with van der Waals surface area (Å²) in [5.74, 6) is 0. The third kappa shape index (κ3) is 2.91. The molecule has 0 saturated heterocycles. The maximum absolute atomic E-state index is 15.0. The summed E-state index contributed by atoms with van der Waals surface area (Å²) in [4.78, 5) is 0.